The monoisotopic (exact) mass is 384 g/mol. The lowest BCUT2D eigenvalue weighted by Crippen LogP contribution is -2.38. The fourth-order valence-electron chi connectivity index (χ4n) is 2.48. The molecule has 1 aromatic rings. The van der Waals surface area contributed by atoms with Crippen LogP contribution in [0.5, 0.6) is 0 Å². The van der Waals surface area contributed by atoms with Crippen LogP contribution in [-0.4, -0.2) is 24.4 Å². The second-order valence-corrected chi connectivity index (χ2v) is 6.41. The van der Waals surface area contributed by atoms with E-state index >= 15 is 0 Å². The molecule has 1 aromatic carbocycles. The zero-order valence-electron chi connectivity index (χ0n) is 13.8. The summed E-state index contributed by atoms with van der Waals surface area (Å²) in [5, 5.41) is 5.99. The third kappa shape index (κ3) is 4.96. The Morgan fingerprint density at radius 3 is 2.68 bits per heavy atom. The number of carbonyl (C=O) groups is 3. The standard InChI is InChI=1S/C17H18Cl2N2O4/c1-3-25-17(24)12-6-10(16(23)20-9(12)2)7-15(22)21-11-4-5-13(18)14(19)8-11/h4-5,8,10H,3,6-7H2,1-2H3,(H,20,23)(H,21,22). The third-order valence-electron chi connectivity index (χ3n) is 3.74. The lowest BCUT2D eigenvalue weighted by Gasteiger charge is -2.24. The average molecular weight is 385 g/mol. The molecule has 2 amide bonds. The highest BCUT2D eigenvalue weighted by Gasteiger charge is 2.31. The van der Waals surface area contributed by atoms with Crippen molar-refractivity contribution in [2.75, 3.05) is 11.9 Å². The van der Waals surface area contributed by atoms with Gasteiger partial charge in [0.1, 0.15) is 0 Å². The molecule has 6 nitrogen and oxygen atoms in total. The van der Waals surface area contributed by atoms with Crippen LogP contribution in [-0.2, 0) is 19.1 Å². The Bertz CT molecular complexity index is 746. The van der Waals surface area contributed by atoms with Crippen molar-refractivity contribution in [3.63, 3.8) is 0 Å². The molecule has 0 fully saturated rings. The fourth-order valence-corrected chi connectivity index (χ4v) is 2.78. The van der Waals surface area contributed by atoms with Gasteiger partial charge >= 0.3 is 5.97 Å². The van der Waals surface area contributed by atoms with Crippen molar-refractivity contribution in [1.29, 1.82) is 0 Å². The van der Waals surface area contributed by atoms with Gasteiger partial charge in [-0.3, -0.25) is 9.59 Å². The van der Waals surface area contributed by atoms with Crippen LogP contribution in [0.15, 0.2) is 29.5 Å². The zero-order valence-corrected chi connectivity index (χ0v) is 15.3. The first-order valence-electron chi connectivity index (χ1n) is 7.74. The number of halogens is 2. The molecule has 2 N–H and O–H groups in total. The molecule has 2 rings (SSSR count). The molecule has 0 bridgehead atoms. The number of allylic oxidation sites excluding steroid dienone is 1. The number of rotatable bonds is 5. The number of nitrogens with one attached hydrogen (secondary N) is 2. The van der Waals surface area contributed by atoms with Crippen LogP contribution < -0.4 is 10.6 Å². The summed E-state index contributed by atoms with van der Waals surface area (Å²) in [6, 6.07) is 4.70. The Balaban J connectivity index is 2.03. The maximum absolute atomic E-state index is 12.2. The van der Waals surface area contributed by atoms with E-state index in [1.807, 2.05) is 0 Å². The molecule has 0 saturated carbocycles. The quantitative estimate of drug-likeness (QED) is 0.762. The maximum atomic E-state index is 12.2. The van der Waals surface area contributed by atoms with E-state index in [0.29, 0.717) is 27.0 Å². The van der Waals surface area contributed by atoms with E-state index in [-0.39, 0.29) is 31.3 Å². The molecule has 0 aliphatic carbocycles. The molecule has 1 unspecified atom stereocenters. The lowest BCUT2D eigenvalue weighted by atomic mass is 9.90. The van der Waals surface area contributed by atoms with Gasteiger partial charge in [-0.05, 0) is 38.5 Å². The largest absolute Gasteiger partial charge is 0.463 e. The van der Waals surface area contributed by atoms with E-state index in [4.69, 9.17) is 27.9 Å². The van der Waals surface area contributed by atoms with Crippen LogP contribution in [0.3, 0.4) is 0 Å². The topological polar surface area (TPSA) is 84.5 Å². The smallest absolute Gasteiger partial charge is 0.335 e. The van der Waals surface area contributed by atoms with E-state index in [1.54, 1.807) is 26.0 Å². The van der Waals surface area contributed by atoms with E-state index in [9.17, 15) is 14.4 Å². The fraction of sp³-hybridized carbons (Fsp3) is 0.353. The molecule has 0 saturated heterocycles. The summed E-state index contributed by atoms with van der Waals surface area (Å²) in [5.74, 6) is -1.78. The van der Waals surface area contributed by atoms with Gasteiger partial charge in [0.15, 0.2) is 0 Å². The Kier molecular flexibility index (Phi) is 6.45. The molecule has 0 spiro atoms. The van der Waals surface area contributed by atoms with Crippen molar-refractivity contribution in [2.24, 2.45) is 5.92 Å². The van der Waals surface area contributed by atoms with E-state index in [1.165, 1.54) is 6.07 Å². The van der Waals surface area contributed by atoms with Crippen LogP contribution in [0.25, 0.3) is 0 Å². The molecular weight excluding hydrogens is 367 g/mol. The second-order valence-electron chi connectivity index (χ2n) is 5.60. The second kappa shape index (κ2) is 8.36. The van der Waals surface area contributed by atoms with Gasteiger partial charge in [-0.25, -0.2) is 4.79 Å². The summed E-state index contributed by atoms with van der Waals surface area (Å²) in [5.41, 5.74) is 1.33. The number of hydrogen-bond acceptors (Lipinski definition) is 4. The molecule has 134 valence electrons. The highest BCUT2D eigenvalue weighted by atomic mass is 35.5. The normalized spacial score (nSPS) is 17.1. The average Bonchev–Trinajstić information content (AvgIpc) is 2.53. The summed E-state index contributed by atoms with van der Waals surface area (Å²) >= 11 is 11.7. The predicted molar refractivity (Wildman–Crippen MR) is 95.3 cm³/mol. The van der Waals surface area contributed by atoms with Crippen molar-refractivity contribution in [2.45, 2.75) is 26.7 Å². The van der Waals surface area contributed by atoms with E-state index in [2.05, 4.69) is 10.6 Å². The van der Waals surface area contributed by atoms with E-state index < -0.39 is 11.9 Å². The van der Waals surface area contributed by atoms with Gasteiger partial charge < -0.3 is 15.4 Å². The summed E-state index contributed by atoms with van der Waals surface area (Å²) in [6.45, 7) is 3.58. The van der Waals surface area contributed by atoms with Crippen molar-refractivity contribution in [1.82, 2.24) is 5.32 Å². The first-order valence-corrected chi connectivity index (χ1v) is 8.50. The first kappa shape index (κ1) is 19.3. The number of esters is 1. The van der Waals surface area contributed by atoms with Gasteiger partial charge in [-0.2, -0.15) is 0 Å². The van der Waals surface area contributed by atoms with Crippen molar-refractivity contribution in [3.8, 4) is 0 Å². The molecule has 0 radical (unpaired) electrons. The summed E-state index contributed by atoms with van der Waals surface area (Å²) in [4.78, 5) is 36.3. The predicted octanol–water partition coefficient (Wildman–Crippen LogP) is 3.30. The number of ether oxygens (including phenoxy) is 1. The van der Waals surface area contributed by atoms with Gasteiger partial charge in [0.2, 0.25) is 11.8 Å². The van der Waals surface area contributed by atoms with Crippen LogP contribution in [0.2, 0.25) is 10.0 Å². The lowest BCUT2D eigenvalue weighted by molar-refractivity contribution is -0.139. The molecule has 1 aliphatic heterocycles. The van der Waals surface area contributed by atoms with Gasteiger partial charge in [-0.1, -0.05) is 23.2 Å². The number of hydrogen-bond donors (Lipinski definition) is 2. The zero-order chi connectivity index (χ0) is 18.6. The van der Waals surface area contributed by atoms with E-state index in [0.717, 1.165) is 0 Å². The number of anilines is 1. The highest BCUT2D eigenvalue weighted by molar-refractivity contribution is 6.42. The maximum Gasteiger partial charge on any atom is 0.335 e. The molecule has 8 heteroatoms. The van der Waals surface area contributed by atoms with Gasteiger partial charge in [0.05, 0.1) is 28.1 Å². The molecular formula is C17H18Cl2N2O4. The molecule has 0 aromatic heterocycles. The number of benzene rings is 1. The Morgan fingerprint density at radius 2 is 2.04 bits per heavy atom. The Morgan fingerprint density at radius 1 is 1.32 bits per heavy atom. The molecule has 25 heavy (non-hydrogen) atoms. The van der Waals surface area contributed by atoms with Crippen molar-refractivity contribution < 1.29 is 19.1 Å². The van der Waals surface area contributed by atoms with Gasteiger partial charge in [-0.15, -0.1) is 0 Å². The number of amides is 2. The Hall–Kier alpha value is -2.05. The molecule has 1 aliphatic rings. The van der Waals surface area contributed by atoms with Gasteiger partial charge in [0.25, 0.3) is 0 Å². The van der Waals surface area contributed by atoms with Gasteiger partial charge in [0, 0.05) is 17.8 Å². The SMILES string of the molecule is CCOC(=O)C1=C(C)NC(=O)C(CC(=O)Nc2ccc(Cl)c(Cl)c2)C1. The Labute approximate surface area is 155 Å². The molecule has 1 atom stereocenters. The van der Waals surface area contributed by atoms with Crippen molar-refractivity contribution >= 4 is 46.7 Å². The minimum Gasteiger partial charge on any atom is -0.463 e. The molecule has 1 heterocycles. The number of carbonyl (C=O) groups excluding carboxylic acids is 3. The summed E-state index contributed by atoms with van der Waals surface area (Å²) in [7, 11) is 0. The summed E-state index contributed by atoms with van der Waals surface area (Å²) < 4.78 is 4.98. The minimum atomic E-state index is -0.647. The van der Waals surface area contributed by atoms with Crippen LogP contribution in [0.4, 0.5) is 5.69 Å². The first-order chi connectivity index (χ1) is 11.8. The highest BCUT2D eigenvalue weighted by Crippen LogP contribution is 2.27. The van der Waals surface area contributed by atoms with Crippen LogP contribution in [0, 0.1) is 5.92 Å². The third-order valence-corrected chi connectivity index (χ3v) is 4.48. The minimum absolute atomic E-state index is 0.0672. The van der Waals surface area contributed by atoms with Crippen molar-refractivity contribution in [3.05, 3.63) is 39.5 Å². The van der Waals surface area contributed by atoms with Crippen LogP contribution >= 0.6 is 23.2 Å². The van der Waals surface area contributed by atoms with Crippen LogP contribution in [0.1, 0.15) is 26.7 Å². The summed E-state index contributed by atoms with van der Waals surface area (Å²) in [6.07, 6.45) is 0.0908.